The number of benzene rings is 2. The summed E-state index contributed by atoms with van der Waals surface area (Å²) in [6.07, 6.45) is -1.50. The van der Waals surface area contributed by atoms with E-state index in [-0.39, 0.29) is 17.4 Å². The molecule has 2 aromatic rings. The first-order valence-corrected chi connectivity index (χ1v) is 14.6. The maximum atomic E-state index is 12.7. The number of amides is 1. The van der Waals surface area contributed by atoms with E-state index in [4.69, 9.17) is 9.16 Å². The maximum absolute atomic E-state index is 12.7. The lowest BCUT2D eigenvalue weighted by Gasteiger charge is -2.44. The highest BCUT2D eigenvalue weighted by Crippen LogP contribution is 2.37. The maximum Gasteiger partial charge on any atom is 0.408 e. The van der Waals surface area contributed by atoms with Crippen LogP contribution < -0.4 is 15.7 Å². The summed E-state index contributed by atoms with van der Waals surface area (Å²) in [5, 5.41) is 15.9. The molecule has 0 aromatic heterocycles. The summed E-state index contributed by atoms with van der Waals surface area (Å²) >= 11 is 0. The fraction of sp³-hybridized carbons (Fsp3) is 0.517. The van der Waals surface area contributed by atoms with Crippen LogP contribution in [-0.4, -0.2) is 49.7 Å². The highest BCUT2D eigenvalue weighted by atomic mass is 28.4. The topological polar surface area (TPSA) is 84.9 Å². The molecule has 0 aliphatic heterocycles. The minimum Gasteiger partial charge on any atom is -0.444 e. The molecule has 0 unspecified atom stereocenters. The molecule has 0 fully saturated rings. The Labute approximate surface area is 217 Å². The van der Waals surface area contributed by atoms with Crippen molar-refractivity contribution in [2.75, 3.05) is 6.61 Å². The summed E-state index contributed by atoms with van der Waals surface area (Å²) < 4.78 is 12.4. The number of hydrogen-bond acceptors (Lipinski definition) is 5. The second-order valence-corrected chi connectivity index (χ2v) is 15.6. The predicted octanol–water partition coefficient (Wildman–Crippen LogP) is 4.43. The average Bonchev–Trinajstić information content (AvgIpc) is 2.81. The third-order valence-electron chi connectivity index (χ3n) is 6.38. The number of aliphatic hydroxyl groups excluding tert-OH is 1. The highest BCUT2D eigenvalue weighted by molar-refractivity contribution is 6.99. The van der Waals surface area contributed by atoms with Crippen molar-refractivity contribution < 1.29 is 23.9 Å². The van der Waals surface area contributed by atoms with E-state index in [1.54, 1.807) is 34.6 Å². The Morgan fingerprint density at radius 3 is 1.78 bits per heavy atom. The molecule has 0 spiro atoms. The molecule has 7 heteroatoms. The number of nitrogens with one attached hydrogen (secondary N) is 1. The molecule has 0 aliphatic carbocycles. The number of Topliss-reactive ketones (excluding diaryl/α,β-unsaturated/α-hetero) is 1. The van der Waals surface area contributed by atoms with Gasteiger partial charge < -0.3 is 19.6 Å². The summed E-state index contributed by atoms with van der Waals surface area (Å²) in [5.74, 6) is -0.748. The Kier molecular flexibility index (Phi) is 10.1. The van der Waals surface area contributed by atoms with Crippen LogP contribution in [0.5, 0.6) is 0 Å². The van der Waals surface area contributed by atoms with Crippen molar-refractivity contribution >= 4 is 30.6 Å². The zero-order chi connectivity index (χ0) is 27.1. The van der Waals surface area contributed by atoms with Crippen molar-refractivity contribution in [1.29, 1.82) is 0 Å². The molecule has 0 heterocycles. The number of rotatable bonds is 10. The fourth-order valence-electron chi connectivity index (χ4n) is 4.52. The van der Waals surface area contributed by atoms with Gasteiger partial charge in [-0.1, -0.05) is 95.3 Å². The third kappa shape index (κ3) is 7.28. The van der Waals surface area contributed by atoms with Crippen LogP contribution >= 0.6 is 0 Å². The minimum atomic E-state index is -2.91. The van der Waals surface area contributed by atoms with Crippen LogP contribution in [-0.2, 0) is 14.0 Å². The van der Waals surface area contributed by atoms with Crippen molar-refractivity contribution in [2.45, 2.75) is 84.6 Å². The molecule has 1 amide bonds. The zero-order valence-corrected chi connectivity index (χ0v) is 24.0. The molecule has 6 nitrogen and oxygen atoms in total. The first kappa shape index (κ1) is 29.7. The van der Waals surface area contributed by atoms with Crippen LogP contribution in [0.25, 0.3) is 0 Å². The number of aliphatic hydroxyl groups is 1. The zero-order valence-electron chi connectivity index (χ0n) is 23.0. The predicted molar refractivity (Wildman–Crippen MR) is 147 cm³/mol. The van der Waals surface area contributed by atoms with E-state index >= 15 is 0 Å². The molecule has 0 bridgehead atoms. The Morgan fingerprint density at radius 1 is 0.917 bits per heavy atom. The molecule has 198 valence electrons. The quantitative estimate of drug-likeness (QED) is 0.459. The SMILES string of the molecule is CCC(=O)[C@H](C)[C@@H](O)[C@H](CO[Si](c1ccccc1)(c1ccccc1)C(C)(C)C)NC(=O)OC(C)(C)C. The molecule has 36 heavy (non-hydrogen) atoms. The van der Waals surface area contributed by atoms with Crippen LogP contribution in [0.3, 0.4) is 0 Å². The van der Waals surface area contributed by atoms with E-state index in [2.05, 4.69) is 50.4 Å². The molecule has 0 aliphatic rings. The van der Waals surface area contributed by atoms with Crippen LogP contribution in [0.15, 0.2) is 60.7 Å². The van der Waals surface area contributed by atoms with Crippen molar-refractivity contribution in [3.63, 3.8) is 0 Å². The molecule has 2 rings (SSSR count). The molecular formula is C29H43NO5Si. The van der Waals surface area contributed by atoms with Crippen molar-refractivity contribution in [1.82, 2.24) is 5.32 Å². The van der Waals surface area contributed by atoms with Crippen molar-refractivity contribution in [3.05, 3.63) is 60.7 Å². The summed E-state index contributed by atoms with van der Waals surface area (Å²) in [7, 11) is -2.91. The Hall–Kier alpha value is -2.48. The van der Waals surface area contributed by atoms with E-state index in [0.717, 1.165) is 10.4 Å². The minimum absolute atomic E-state index is 0.0228. The third-order valence-corrected chi connectivity index (χ3v) is 11.4. The second-order valence-electron chi connectivity index (χ2n) is 11.3. The Morgan fingerprint density at radius 2 is 1.39 bits per heavy atom. The van der Waals surface area contributed by atoms with Gasteiger partial charge in [-0.25, -0.2) is 4.79 Å². The van der Waals surface area contributed by atoms with E-state index in [9.17, 15) is 14.7 Å². The van der Waals surface area contributed by atoms with Gasteiger partial charge in [0, 0.05) is 12.3 Å². The summed E-state index contributed by atoms with van der Waals surface area (Å²) in [4.78, 5) is 25.2. The normalized spacial score (nSPS) is 15.0. The summed E-state index contributed by atoms with van der Waals surface area (Å²) in [5.41, 5.74) is -0.705. The lowest BCUT2D eigenvalue weighted by atomic mass is 9.93. The largest absolute Gasteiger partial charge is 0.444 e. The number of ketones is 1. The second kappa shape index (κ2) is 12.2. The lowest BCUT2D eigenvalue weighted by molar-refractivity contribution is -0.126. The number of carbonyl (C=O) groups is 2. The van der Waals surface area contributed by atoms with Crippen LogP contribution in [0.4, 0.5) is 4.79 Å². The number of ether oxygens (including phenoxy) is 1. The van der Waals surface area contributed by atoms with Crippen LogP contribution in [0, 0.1) is 5.92 Å². The van der Waals surface area contributed by atoms with Crippen LogP contribution in [0.1, 0.15) is 61.8 Å². The molecular weight excluding hydrogens is 470 g/mol. The molecule has 3 atom stereocenters. The molecule has 0 saturated carbocycles. The fourth-order valence-corrected chi connectivity index (χ4v) is 9.11. The molecule has 0 radical (unpaired) electrons. The molecule has 2 aromatic carbocycles. The van der Waals surface area contributed by atoms with E-state index in [1.807, 2.05) is 36.4 Å². The number of carbonyl (C=O) groups excluding carboxylic acids is 2. The van der Waals surface area contributed by atoms with Crippen molar-refractivity contribution in [3.8, 4) is 0 Å². The first-order valence-electron chi connectivity index (χ1n) is 12.7. The highest BCUT2D eigenvalue weighted by Gasteiger charge is 2.51. The Bertz CT molecular complexity index is 943. The van der Waals surface area contributed by atoms with Gasteiger partial charge in [0.05, 0.1) is 18.8 Å². The number of hydrogen-bond donors (Lipinski definition) is 2. The standard InChI is InChI=1S/C29H43NO5Si/c1-9-25(31)21(2)26(32)24(30-27(33)35-28(3,4)5)20-34-36(29(6,7)8,22-16-12-10-13-17-22)23-18-14-11-15-19-23/h10-19,21,24,26,32H,9,20H2,1-8H3,(H,30,33)/t21-,24-,26+/m0/s1. The lowest BCUT2D eigenvalue weighted by Crippen LogP contribution is -2.68. The monoisotopic (exact) mass is 513 g/mol. The van der Waals surface area contributed by atoms with Gasteiger partial charge in [0.1, 0.15) is 11.4 Å². The summed E-state index contributed by atoms with van der Waals surface area (Å²) in [6.45, 7) is 15.3. The average molecular weight is 514 g/mol. The van der Waals surface area contributed by atoms with E-state index in [1.165, 1.54) is 0 Å². The van der Waals surface area contributed by atoms with Gasteiger partial charge in [0.25, 0.3) is 8.32 Å². The van der Waals surface area contributed by atoms with Gasteiger partial charge in [0.15, 0.2) is 0 Å². The number of alkyl carbamates (subject to hydrolysis) is 1. The van der Waals surface area contributed by atoms with E-state index in [0.29, 0.717) is 6.42 Å². The van der Waals surface area contributed by atoms with Crippen LogP contribution in [0.2, 0.25) is 5.04 Å². The molecule has 0 saturated heterocycles. The van der Waals surface area contributed by atoms with Gasteiger partial charge in [-0.05, 0) is 36.2 Å². The van der Waals surface area contributed by atoms with Crippen molar-refractivity contribution in [2.24, 2.45) is 5.92 Å². The smallest absolute Gasteiger partial charge is 0.408 e. The van der Waals surface area contributed by atoms with E-state index < -0.39 is 38.1 Å². The van der Waals surface area contributed by atoms with Gasteiger partial charge in [0.2, 0.25) is 0 Å². The Balaban J connectivity index is 2.53. The van der Waals surface area contributed by atoms with Gasteiger partial charge in [-0.3, -0.25) is 4.79 Å². The summed E-state index contributed by atoms with van der Waals surface area (Å²) in [6, 6.07) is 19.5. The van der Waals surface area contributed by atoms with Gasteiger partial charge in [-0.2, -0.15) is 0 Å². The van der Waals surface area contributed by atoms with Gasteiger partial charge >= 0.3 is 6.09 Å². The first-order chi connectivity index (χ1) is 16.7. The van der Waals surface area contributed by atoms with Gasteiger partial charge in [-0.15, -0.1) is 0 Å². The molecule has 2 N–H and O–H groups in total.